The van der Waals surface area contributed by atoms with Crippen LogP contribution in [0.4, 0.5) is 13.2 Å². The van der Waals surface area contributed by atoms with Gasteiger partial charge in [-0.3, -0.25) is 0 Å². The van der Waals surface area contributed by atoms with E-state index in [0.29, 0.717) is 10.5 Å². The first kappa shape index (κ1) is 19.8. The molecule has 0 unspecified atom stereocenters. The lowest BCUT2D eigenvalue weighted by Crippen LogP contribution is -2.09. The van der Waals surface area contributed by atoms with Crippen molar-refractivity contribution in [2.45, 2.75) is 16.8 Å². The summed E-state index contributed by atoms with van der Waals surface area (Å²) in [4.78, 5) is 27.7. The summed E-state index contributed by atoms with van der Waals surface area (Å²) in [5, 5.41) is 0. The first-order chi connectivity index (χ1) is 12.3. The van der Waals surface area contributed by atoms with Gasteiger partial charge in [-0.15, -0.1) is 11.8 Å². The second-order valence-corrected chi connectivity index (χ2v) is 6.06. The molecule has 0 saturated heterocycles. The maximum atomic E-state index is 12.8. The van der Waals surface area contributed by atoms with Crippen LogP contribution in [-0.4, -0.2) is 31.1 Å². The molecule has 2 rings (SSSR count). The first-order valence-electron chi connectivity index (χ1n) is 7.22. The summed E-state index contributed by atoms with van der Waals surface area (Å²) < 4.78 is 47.6. The quantitative estimate of drug-likeness (QED) is 0.573. The highest BCUT2D eigenvalue weighted by Gasteiger charge is 2.30. The van der Waals surface area contributed by atoms with Gasteiger partial charge in [0.1, 0.15) is 0 Å². The number of alkyl halides is 3. The van der Waals surface area contributed by atoms with Crippen molar-refractivity contribution in [3.63, 3.8) is 0 Å². The van der Waals surface area contributed by atoms with E-state index in [2.05, 4.69) is 14.5 Å². The lowest BCUT2D eigenvalue weighted by molar-refractivity contribution is -0.137. The van der Waals surface area contributed by atoms with Gasteiger partial charge in [-0.1, -0.05) is 18.2 Å². The van der Waals surface area contributed by atoms with Crippen LogP contribution in [0.15, 0.2) is 41.4 Å². The molecule has 0 spiro atoms. The van der Waals surface area contributed by atoms with E-state index in [1.54, 1.807) is 0 Å². The summed E-state index contributed by atoms with van der Waals surface area (Å²) in [5.41, 5.74) is -0.266. The van der Waals surface area contributed by atoms with Gasteiger partial charge in [-0.05, 0) is 17.7 Å². The SMILES string of the molecule is COC(=O)c1cnc(C(=O)OC)c(SCc2cccc(C(F)(F)F)c2)c1. The Hall–Kier alpha value is -2.55. The summed E-state index contributed by atoms with van der Waals surface area (Å²) in [7, 11) is 2.38. The van der Waals surface area contributed by atoms with Crippen molar-refractivity contribution in [3.05, 3.63) is 58.9 Å². The molecule has 2 aromatic rings. The molecule has 138 valence electrons. The van der Waals surface area contributed by atoms with E-state index in [-0.39, 0.29) is 17.0 Å². The molecule has 0 radical (unpaired) electrons. The number of benzene rings is 1. The van der Waals surface area contributed by atoms with Crippen molar-refractivity contribution in [1.82, 2.24) is 4.98 Å². The van der Waals surface area contributed by atoms with E-state index in [1.165, 1.54) is 38.6 Å². The third kappa shape index (κ3) is 4.75. The number of methoxy groups -OCH3 is 2. The molecule has 0 saturated carbocycles. The Kier molecular flexibility index (Phi) is 6.25. The number of carbonyl (C=O) groups excluding carboxylic acids is 2. The molecule has 1 aromatic carbocycles. The van der Waals surface area contributed by atoms with Crippen molar-refractivity contribution >= 4 is 23.7 Å². The molecule has 1 aromatic heterocycles. The summed E-state index contributed by atoms with van der Waals surface area (Å²) in [6.07, 6.45) is -3.27. The van der Waals surface area contributed by atoms with Crippen molar-refractivity contribution in [1.29, 1.82) is 0 Å². The van der Waals surface area contributed by atoms with Crippen molar-refractivity contribution < 1.29 is 32.2 Å². The minimum absolute atomic E-state index is 0.0304. The van der Waals surface area contributed by atoms with E-state index in [9.17, 15) is 22.8 Å². The van der Waals surface area contributed by atoms with Gasteiger partial charge >= 0.3 is 18.1 Å². The molecule has 0 aliphatic rings. The second kappa shape index (κ2) is 8.22. The average molecular weight is 385 g/mol. The standard InChI is InChI=1S/C17H14F3NO4S/c1-24-15(22)11-7-13(14(21-8-11)16(23)25-2)26-9-10-4-3-5-12(6-10)17(18,19)20/h3-8H,9H2,1-2H3. The van der Waals surface area contributed by atoms with Crippen LogP contribution in [-0.2, 0) is 21.4 Å². The van der Waals surface area contributed by atoms with Gasteiger partial charge in [0.15, 0.2) is 5.69 Å². The van der Waals surface area contributed by atoms with Crippen LogP contribution in [0.1, 0.15) is 32.0 Å². The minimum atomic E-state index is -4.44. The molecule has 26 heavy (non-hydrogen) atoms. The van der Waals surface area contributed by atoms with Crippen LogP contribution >= 0.6 is 11.8 Å². The number of aromatic nitrogens is 1. The number of hydrogen-bond acceptors (Lipinski definition) is 6. The number of halogens is 3. The maximum Gasteiger partial charge on any atom is 0.416 e. The minimum Gasteiger partial charge on any atom is -0.465 e. The molecule has 0 atom stereocenters. The maximum absolute atomic E-state index is 12.8. The van der Waals surface area contributed by atoms with E-state index in [0.717, 1.165) is 23.9 Å². The summed E-state index contributed by atoms with van der Waals surface area (Å²) in [6, 6.07) is 6.25. The average Bonchev–Trinajstić information content (AvgIpc) is 2.64. The van der Waals surface area contributed by atoms with Gasteiger partial charge in [-0.2, -0.15) is 13.2 Å². The Balaban J connectivity index is 2.30. The van der Waals surface area contributed by atoms with E-state index >= 15 is 0 Å². The highest BCUT2D eigenvalue weighted by molar-refractivity contribution is 7.98. The monoisotopic (exact) mass is 385 g/mol. The molecule has 0 bridgehead atoms. The van der Waals surface area contributed by atoms with Crippen LogP contribution in [0.3, 0.4) is 0 Å². The first-order valence-corrected chi connectivity index (χ1v) is 8.20. The molecular formula is C17H14F3NO4S. The van der Waals surface area contributed by atoms with Gasteiger partial charge in [0.25, 0.3) is 0 Å². The molecule has 0 fully saturated rings. The Labute approximate surface area is 151 Å². The molecule has 9 heteroatoms. The van der Waals surface area contributed by atoms with E-state index in [4.69, 9.17) is 0 Å². The fraction of sp³-hybridized carbons (Fsp3) is 0.235. The highest BCUT2D eigenvalue weighted by atomic mass is 32.2. The van der Waals surface area contributed by atoms with Gasteiger partial charge in [-0.25, -0.2) is 14.6 Å². The van der Waals surface area contributed by atoms with Crippen molar-refractivity contribution in [2.75, 3.05) is 14.2 Å². The third-order valence-corrected chi connectivity index (χ3v) is 4.40. The number of nitrogens with zero attached hydrogens (tertiary/aromatic N) is 1. The summed E-state index contributed by atoms with van der Waals surface area (Å²) in [6.45, 7) is 0. The summed E-state index contributed by atoms with van der Waals surface area (Å²) in [5.74, 6) is -1.22. The Morgan fingerprint density at radius 3 is 2.42 bits per heavy atom. The Bertz CT molecular complexity index is 824. The Morgan fingerprint density at radius 1 is 1.12 bits per heavy atom. The Morgan fingerprint density at radius 2 is 1.81 bits per heavy atom. The fourth-order valence-corrected chi connectivity index (χ4v) is 3.02. The van der Waals surface area contributed by atoms with E-state index in [1.807, 2.05) is 0 Å². The van der Waals surface area contributed by atoms with Gasteiger partial charge < -0.3 is 9.47 Å². The topological polar surface area (TPSA) is 65.5 Å². The number of carbonyl (C=O) groups is 2. The smallest absolute Gasteiger partial charge is 0.416 e. The van der Waals surface area contributed by atoms with Gasteiger partial charge in [0.2, 0.25) is 0 Å². The molecule has 0 N–H and O–H groups in total. The predicted octanol–water partition coefficient (Wildman–Crippen LogP) is 3.97. The van der Waals surface area contributed by atoms with Crippen LogP contribution in [0.5, 0.6) is 0 Å². The predicted molar refractivity (Wildman–Crippen MR) is 87.9 cm³/mol. The van der Waals surface area contributed by atoms with Crippen LogP contribution in [0.25, 0.3) is 0 Å². The molecule has 0 aliphatic heterocycles. The van der Waals surface area contributed by atoms with Gasteiger partial charge in [0, 0.05) is 16.8 Å². The summed E-state index contributed by atoms with van der Waals surface area (Å²) >= 11 is 1.07. The van der Waals surface area contributed by atoms with E-state index < -0.39 is 23.7 Å². The van der Waals surface area contributed by atoms with Crippen LogP contribution in [0, 0.1) is 0 Å². The number of esters is 2. The zero-order valence-electron chi connectivity index (χ0n) is 13.8. The van der Waals surface area contributed by atoms with Gasteiger partial charge in [0.05, 0.1) is 25.3 Å². The highest BCUT2D eigenvalue weighted by Crippen LogP contribution is 2.32. The number of thioether (sulfide) groups is 1. The third-order valence-electron chi connectivity index (χ3n) is 3.30. The number of pyridine rings is 1. The fourth-order valence-electron chi connectivity index (χ4n) is 2.03. The van der Waals surface area contributed by atoms with Crippen LogP contribution < -0.4 is 0 Å². The number of hydrogen-bond donors (Lipinski definition) is 0. The second-order valence-electron chi connectivity index (χ2n) is 5.04. The number of ether oxygens (including phenoxy) is 2. The van der Waals surface area contributed by atoms with Crippen LogP contribution in [0.2, 0.25) is 0 Å². The lowest BCUT2D eigenvalue weighted by atomic mass is 10.1. The number of rotatable bonds is 5. The van der Waals surface area contributed by atoms with Crippen molar-refractivity contribution in [3.8, 4) is 0 Å². The normalized spacial score (nSPS) is 11.1. The van der Waals surface area contributed by atoms with Crippen molar-refractivity contribution in [2.24, 2.45) is 0 Å². The lowest BCUT2D eigenvalue weighted by Gasteiger charge is -2.10. The zero-order valence-corrected chi connectivity index (χ0v) is 14.6. The molecule has 0 amide bonds. The molecule has 1 heterocycles. The molecular weight excluding hydrogens is 371 g/mol. The molecule has 5 nitrogen and oxygen atoms in total. The zero-order chi connectivity index (χ0) is 19.3. The molecule has 0 aliphatic carbocycles. The largest absolute Gasteiger partial charge is 0.465 e.